The van der Waals surface area contributed by atoms with Crippen LogP contribution in [-0.4, -0.2) is 6.08 Å². The number of hydrogen-bond acceptors (Lipinski definition) is 2. The summed E-state index contributed by atoms with van der Waals surface area (Å²) in [4.78, 5) is 13.8. The van der Waals surface area contributed by atoms with Gasteiger partial charge < -0.3 is 0 Å². The average Bonchev–Trinajstić information content (AvgIpc) is 2.08. The molecule has 0 spiro atoms. The van der Waals surface area contributed by atoms with Gasteiger partial charge in [0, 0.05) is 0 Å². The summed E-state index contributed by atoms with van der Waals surface area (Å²) in [5.74, 6) is 0.459. The van der Waals surface area contributed by atoms with Crippen molar-refractivity contribution >= 4 is 11.8 Å². The minimum Gasteiger partial charge on any atom is -0.211 e. The van der Waals surface area contributed by atoms with Crippen molar-refractivity contribution in [3.8, 4) is 0 Å². The highest BCUT2D eigenvalue weighted by molar-refractivity contribution is 5.54. The lowest BCUT2D eigenvalue weighted by molar-refractivity contribution is 0.565. The highest BCUT2D eigenvalue weighted by Gasteiger charge is 2.02. The van der Waals surface area contributed by atoms with Crippen molar-refractivity contribution in [1.29, 1.82) is 0 Å². The molecule has 0 aliphatic carbocycles. The van der Waals surface area contributed by atoms with Gasteiger partial charge in [-0.2, -0.15) is 4.99 Å². The summed E-state index contributed by atoms with van der Waals surface area (Å²) < 4.78 is 0. The maximum absolute atomic E-state index is 10.1. The number of benzene rings is 1. The van der Waals surface area contributed by atoms with Crippen LogP contribution in [0.15, 0.2) is 23.2 Å². The first-order valence-electron chi connectivity index (χ1n) is 4.33. The molecule has 13 heavy (non-hydrogen) atoms. The SMILES string of the molecule is Cc1ccc(C(C)C)cc1N=C=O. The van der Waals surface area contributed by atoms with Crippen LogP contribution in [0.4, 0.5) is 5.69 Å². The van der Waals surface area contributed by atoms with Gasteiger partial charge in [0.15, 0.2) is 0 Å². The van der Waals surface area contributed by atoms with Crippen molar-refractivity contribution in [3.05, 3.63) is 29.3 Å². The Hall–Kier alpha value is -1.40. The van der Waals surface area contributed by atoms with Crippen molar-refractivity contribution in [1.82, 2.24) is 0 Å². The molecule has 0 unspecified atom stereocenters. The fourth-order valence-corrected chi connectivity index (χ4v) is 1.16. The van der Waals surface area contributed by atoms with E-state index in [1.54, 1.807) is 6.08 Å². The van der Waals surface area contributed by atoms with Crippen molar-refractivity contribution in [2.45, 2.75) is 26.7 Å². The molecular weight excluding hydrogens is 162 g/mol. The quantitative estimate of drug-likeness (QED) is 0.501. The molecule has 0 N–H and O–H groups in total. The largest absolute Gasteiger partial charge is 0.240 e. The lowest BCUT2D eigenvalue weighted by Crippen LogP contribution is -1.87. The molecule has 2 heteroatoms. The van der Waals surface area contributed by atoms with E-state index in [0.717, 1.165) is 11.3 Å². The number of aliphatic imine (C=N–C) groups is 1. The van der Waals surface area contributed by atoms with E-state index in [2.05, 4.69) is 24.9 Å². The molecule has 2 nitrogen and oxygen atoms in total. The maximum Gasteiger partial charge on any atom is 0.240 e. The monoisotopic (exact) mass is 175 g/mol. The van der Waals surface area contributed by atoms with Gasteiger partial charge >= 0.3 is 0 Å². The van der Waals surface area contributed by atoms with E-state index in [9.17, 15) is 4.79 Å². The molecule has 68 valence electrons. The van der Waals surface area contributed by atoms with E-state index < -0.39 is 0 Å². The summed E-state index contributed by atoms with van der Waals surface area (Å²) >= 11 is 0. The molecule has 0 heterocycles. The smallest absolute Gasteiger partial charge is 0.211 e. The van der Waals surface area contributed by atoms with Crippen LogP contribution >= 0.6 is 0 Å². The summed E-state index contributed by atoms with van der Waals surface area (Å²) in [6.07, 6.45) is 1.57. The van der Waals surface area contributed by atoms with Crippen LogP contribution in [0.1, 0.15) is 30.9 Å². The third kappa shape index (κ3) is 2.27. The Morgan fingerprint density at radius 1 is 1.38 bits per heavy atom. The Labute approximate surface area is 78.3 Å². The van der Waals surface area contributed by atoms with Crippen LogP contribution in [0.3, 0.4) is 0 Å². The minimum atomic E-state index is 0.459. The second-order valence-electron chi connectivity index (χ2n) is 3.40. The van der Waals surface area contributed by atoms with E-state index in [0.29, 0.717) is 5.92 Å². The predicted molar refractivity (Wildman–Crippen MR) is 53.0 cm³/mol. The van der Waals surface area contributed by atoms with Crippen LogP contribution in [0.25, 0.3) is 0 Å². The fourth-order valence-electron chi connectivity index (χ4n) is 1.16. The Bertz CT molecular complexity index is 349. The van der Waals surface area contributed by atoms with Gasteiger partial charge in [-0.3, -0.25) is 0 Å². The maximum atomic E-state index is 10.1. The van der Waals surface area contributed by atoms with Crippen molar-refractivity contribution in [2.75, 3.05) is 0 Å². The molecule has 0 atom stereocenters. The van der Waals surface area contributed by atoms with Crippen LogP contribution < -0.4 is 0 Å². The molecule has 1 aromatic rings. The standard InChI is InChI=1S/C11H13NO/c1-8(2)10-5-4-9(3)11(6-10)12-7-13/h4-6,8H,1-3H3. The third-order valence-electron chi connectivity index (χ3n) is 2.07. The zero-order chi connectivity index (χ0) is 9.84. The topological polar surface area (TPSA) is 29.4 Å². The molecule has 1 rings (SSSR count). The molecule has 0 saturated heterocycles. The number of hydrogen-bond donors (Lipinski definition) is 0. The number of nitrogens with zero attached hydrogens (tertiary/aromatic N) is 1. The van der Waals surface area contributed by atoms with Gasteiger partial charge in [-0.1, -0.05) is 26.0 Å². The molecule has 0 radical (unpaired) electrons. The lowest BCUT2D eigenvalue weighted by atomic mass is 10.0. The summed E-state index contributed by atoms with van der Waals surface area (Å²) in [6.45, 7) is 6.15. The summed E-state index contributed by atoms with van der Waals surface area (Å²) in [5, 5.41) is 0. The van der Waals surface area contributed by atoms with Gasteiger partial charge in [-0.15, -0.1) is 0 Å². The fraction of sp³-hybridized carbons (Fsp3) is 0.364. The Balaban J connectivity index is 3.18. The van der Waals surface area contributed by atoms with E-state index in [4.69, 9.17) is 0 Å². The Kier molecular flexibility index (Phi) is 2.99. The first-order valence-corrected chi connectivity index (χ1v) is 4.33. The van der Waals surface area contributed by atoms with Gasteiger partial charge in [-0.05, 0) is 30.0 Å². The molecule has 0 aliphatic rings. The lowest BCUT2D eigenvalue weighted by Gasteiger charge is -2.06. The van der Waals surface area contributed by atoms with Crippen LogP contribution in [0.5, 0.6) is 0 Å². The number of carbonyl (C=O) groups excluding carboxylic acids is 1. The summed E-state index contributed by atoms with van der Waals surface area (Å²) in [5.41, 5.74) is 2.92. The Morgan fingerprint density at radius 3 is 2.62 bits per heavy atom. The zero-order valence-corrected chi connectivity index (χ0v) is 8.16. The average molecular weight is 175 g/mol. The van der Waals surface area contributed by atoms with Gasteiger partial charge in [-0.25, -0.2) is 4.79 Å². The summed E-state index contributed by atoms with van der Waals surface area (Å²) in [7, 11) is 0. The number of rotatable bonds is 2. The number of aryl methyl sites for hydroxylation is 1. The first-order chi connectivity index (χ1) is 6.15. The van der Waals surface area contributed by atoms with E-state index >= 15 is 0 Å². The molecule has 0 bridgehead atoms. The number of isocyanates is 1. The first kappa shape index (κ1) is 9.69. The Morgan fingerprint density at radius 2 is 2.08 bits per heavy atom. The second kappa shape index (κ2) is 4.01. The summed E-state index contributed by atoms with van der Waals surface area (Å²) in [6, 6.07) is 5.97. The highest BCUT2D eigenvalue weighted by Crippen LogP contribution is 2.23. The predicted octanol–water partition coefficient (Wildman–Crippen LogP) is 3.09. The van der Waals surface area contributed by atoms with Crippen LogP contribution in [-0.2, 0) is 4.79 Å². The highest BCUT2D eigenvalue weighted by atomic mass is 16.1. The van der Waals surface area contributed by atoms with Crippen molar-refractivity contribution in [3.63, 3.8) is 0 Å². The molecule has 0 fully saturated rings. The van der Waals surface area contributed by atoms with E-state index in [-0.39, 0.29) is 0 Å². The molecule has 0 saturated carbocycles. The normalized spacial score (nSPS) is 9.85. The van der Waals surface area contributed by atoms with Crippen LogP contribution in [0, 0.1) is 6.92 Å². The van der Waals surface area contributed by atoms with Crippen molar-refractivity contribution in [2.24, 2.45) is 4.99 Å². The zero-order valence-electron chi connectivity index (χ0n) is 8.16. The van der Waals surface area contributed by atoms with Gasteiger partial charge in [0.05, 0.1) is 5.69 Å². The van der Waals surface area contributed by atoms with E-state index in [1.807, 2.05) is 19.1 Å². The molecule has 0 aromatic heterocycles. The second-order valence-corrected chi connectivity index (χ2v) is 3.40. The van der Waals surface area contributed by atoms with Crippen LogP contribution in [0.2, 0.25) is 0 Å². The minimum absolute atomic E-state index is 0.459. The molecule has 0 amide bonds. The molecular formula is C11H13NO. The van der Waals surface area contributed by atoms with E-state index in [1.165, 1.54) is 5.56 Å². The van der Waals surface area contributed by atoms with Gasteiger partial charge in [0.25, 0.3) is 0 Å². The van der Waals surface area contributed by atoms with Crippen molar-refractivity contribution < 1.29 is 4.79 Å². The molecule has 1 aromatic carbocycles. The van der Waals surface area contributed by atoms with Gasteiger partial charge in [0.1, 0.15) is 0 Å². The molecule has 0 aliphatic heterocycles. The third-order valence-corrected chi connectivity index (χ3v) is 2.07. The van der Waals surface area contributed by atoms with Gasteiger partial charge in [0.2, 0.25) is 6.08 Å².